The molecule has 0 saturated heterocycles. The van der Waals surface area contributed by atoms with Crippen molar-refractivity contribution in [1.29, 1.82) is 0 Å². The lowest BCUT2D eigenvalue weighted by atomic mass is 9.83. The van der Waals surface area contributed by atoms with Crippen LogP contribution in [0.25, 0.3) is 0 Å². The van der Waals surface area contributed by atoms with E-state index in [1.165, 1.54) is 11.1 Å². The molecule has 98 valence electrons. The van der Waals surface area contributed by atoms with Crippen LogP contribution in [0.5, 0.6) is 0 Å². The second kappa shape index (κ2) is 5.07. The van der Waals surface area contributed by atoms with Crippen molar-refractivity contribution in [1.82, 2.24) is 9.97 Å². The summed E-state index contributed by atoms with van der Waals surface area (Å²) in [4.78, 5) is 19.4. The highest BCUT2D eigenvalue weighted by molar-refractivity contribution is 14.1. The lowest BCUT2D eigenvalue weighted by Gasteiger charge is -2.24. The zero-order chi connectivity index (χ0) is 13.4. The maximum absolute atomic E-state index is 11.8. The Morgan fingerprint density at radius 1 is 1.32 bits per heavy atom. The first-order valence-electron chi connectivity index (χ1n) is 6.48. The molecule has 0 spiro atoms. The fraction of sp³-hybridized carbons (Fsp3) is 0.333. The largest absolute Gasteiger partial charge is 0.309 e. The molecular weight excluding hydrogens is 351 g/mol. The number of nitrogens with zero attached hydrogens (tertiary/aromatic N) is 1. The number of aryl methyl sites for hydroxylation is 2. The third-order valence-corrected chi connectivity index (χ3v) is 5.05. The summed E-state index contributed by atoms with van der Waals surface area (Å²) >= 11 is 2.05. The van der Waals surface area contributed by atoms with Gasteiger partial charge in [0.1, 0.15) is 5.82 Å². The number of H-pyrrole nitrogens is 1. The highest BCUT2D eigenvalue weighted by Gasteiger charge is 2.22. The summed E-state index contributed by atoms with van der Waals surface area (Å²) in [6.45, 7) is 1.90. The van der Waals surface area contributed by atoms with Gasteiger partial charge in [-0.1, -0.05) is 24.3 Å². The van der Waals surface area contributed by atoms with Gasteiger partial charge in [-0.2, -0.15) is 0 Å². The second-order valence-corrected chi connectivity index (χ2v) is 6.14. The molecule has 1 aliphatic rings. The van der Waals surface area contributed by atoms with E-state index in [9.17, 15) is 4.79 Å². The Kier molecular flexibility index (Phi) is 3.43. The van der Waals surface area contributed by atoms with Gasteiger partial charge in [0.2, 0.25) is 0 Å². The van der Waals surface area contributed by atoms with Crippen LogP contribution in [0.15, 0.2) is 29.1 Å². The normalized spacial score (nSPS) is 18.1. The molecule has 0 amide bonds. The minimum Gasteiger partial charge on any atom is -0.309 e. The zero-order valence-corrected chi connectivity index (χ0v) is 12.9. The SMILES string of the molecule is Cc1nc(C2CCc3ccccc3C2)[nH]c(=O)c1I. The van der Waals surface area contributed by atoms with E-state index >= 15 is 0 Å². The van der Waals surface area contributed by atoms with Crippen molar-refractivity contribution in [3.63, 3.8) is 0 Å². The van der Waals surface area contributed by atoms with Crippen LogP contribution in [0.4, 0.5) is 0 Å². The summed E-state index contributed by atoms with van der Waals surface area (Å²) in [6.07, 6.45) is 3.09. The number of aromatic nitrogens is 2. The molecule has 0 bridgehead atoms. The van der Waals surface area contributed by atoms with E-state index in [1.54, 1.807) is 0 Å². The molecule has 19 heavy (non-hydrogen) atoms. The Bertz CT molecular complexity index is 678. The van der Waals surface area contributed by atoms with Crippen LogP contribution in [0, 0.1) is 10.5 Å². The minimum atomic E-state index is -0.0121. The Hall–Kier alpha value is -1.17. The molecule has 4 heteroatoms. The van der Waals surface area contributed by atoms with Gasteiger partial charge in [-0.15, -0.1) is 0 Å². The van der Waals surface area contributed by atoms with Crippen LogP contribution < -0.4 is 5.56 Å². The number of halogens is 1. The predicted molar refractivity (Wildman–Crippen MR) is 83.5 cm³/mol. The Morgan fingerprint density at radius 2 is 2.05 bits per heavy atom. The van der Waals surface area contributed by atoms with Gasteiger partial charge in [0.25, 0.3) is 5.56 Å². The van der Waals surface area contributed by atoms with Gasteiger partial charge in [0, 0.05) is 5.92 Å². The number of hydrogen-bond donors (Lipinski definition) is 1. The molecule has 1 aliphatic carbocycles. The van der Waals surface area contributed by atoms with E-state index in [1.807, 2.05) is 6.92 Å². The minimum absolute atomic E-state index is 0.0121. The smallest absolute Gasteiger partial charge is 0.264 e. The summed E-state index contributed by atoms with van der Waals surface area (Å²) in [5, 5.41) is 0. The summed E-state index contributed by atoms with van der Waals surface area (Å²) < 4.78 is 0.692. The molecule has 0 saturated carbocycles. The van der Waals surface area contributed by atoms with Crippen LogP contribution in [-0.2, 0) is 12.8 Å². The summed E-state index contributed by atoms with van der Waals surface area (Å²) in [5.74, 6) is 1.18. The van der Waals surface area contributed by atoms with Gasteiger partial charge in [0.15, 0.2) is 0 Å². The number of fused-ring (bicyclic) bond motifs is 1. The number of benzene rings is 1. The number of hydrogen-bond acceptors (Lipinski definition) is 2. The Labute approximate surface area is 125 Å². The maximum Gasteiger partial charge on any atom is 0.264 e. The van der Waals surface area contributed by atoms with Crippen molar-refractivity contribution in [2.75, 3.05) is 0 Å². The van der Waals surface area contributed by atoms with Gasteiger partial charge >= 0.3 is 0 Å². The molecule has 1 unspecified atom stereocenters. The molecule has 3 rings (SSSR count). The lowest BCUT2D eigenvalue weighted by molar-refractivity contribution is 0.550. The molecular formula is C15H15IN2O. The van der Waals surface area contributed by atoms with E-state index in [-0.39, 0.29) is 5.56 Å². The van der Waals surface area contributed by atoms with Crippen LogP contribution in [0.2, 0.25) is 0 Å². The van der Waals surface area contributed by atoms with Crippen molar-refractivity contribution >= 4 is 22.6 Å². The van der Waals surface area contributed by atoms with Crippen LogP contribution >= 0.6 is 22.6 Å². The van der Waals surface area contributed by atoms with Gasteiger partial charge in [0.05, 0.1) is 9.26 Å². The number of aromatic amines is 1. The van der Waals surface area contributed by atoms with Crippen LogP contribution in [-0.4, -0.2) is 9.97 Å². The Morgan fingerprint density at radius 3 is 2.79 bits per heavy atom. The van der Waals surface area contributed by atoms with E-state index in [4.69, 9.17) is 0 Å². The summed E-state index contributed by atoms with van der Waals surface area (Å²) in [5.41, 5.74) is 3.64. The van der Waals surface area contributed by atoms with Crippen molar-refractivity contribution < 1.29 is 0 Å². The molecule has 0 aliphatic heterocycles. The maximum atomic E-state index is 11.8. The number of rotatable bonds is 1. The molecule has 0 fully saturated rings. The van der Waals surface area contributed by atoms with Gasteiger partial charge in [-0.05, 0) is 59.9 Å². The predicted octanol–water partition coefficient (Wildman–Crippen LogP) is 2.96. The van der Waals surface area contributed by atoms with Gasteiger partial charge in [-0.3, -0.25) is 4.79 Å². The molecule has 1 atom stereocenters. The second-order valence-electron chi connectivity index (χ2n) is 5.06. The van der Waals surface area contributed by atoms with Gasteiger partial charge in [-0.25, -0.2) is 4.98 Å². The fourth-order valence-electron chi connectivity index (χ4n) is 2.72. The first-order valence-corrected chi connectivity index (χ1v) is 7.56. The highest BCUT2D eigenvalue weighted by atomic mass is 127. The molecule has 1 heterocycles. The first kappa shape index (κ1) is 12.8. The number of nitrogens with one attached hydrogen (secondary N) is 1. The van der Waals surface area contributed by atoms with Crippen molar-refractivity contribution in [3.8, 4) is 0 Å². The first-order chi connectivity index (χ1) is 9.15. The van der Waals surface area contributed by atoms with E-state index in [0.29, 0.717) is 9.49 Å². The zero-order valence-electron chi connectivity index (χ0n) is 10.7. The van der Waals surface area contributed by atoms with Crippen LogP contribution in [0.3, 0.4) is 0 Å². The summed E-state index contributed by atoms with van der Waals surface area (Å²) in [7, 11) is 0. The van der Waals surface area contributed by atoms with E-state index in [2.05, 4.69) is 56.8 Å². The molecule has 3 nitrogen and oxygen atoms in total. The van der Waals surface area contributed by atoms with E-state index < -0.39 is 0 Å². The quantitative estimate of drug-likeness (QED) is 0.789. The highest BCUT2D eigenvalue weighted by Crippen LogP contribution is 2.30. The average Bonchev–Trinajstić information content (AvgIpc) is 2.43. The van der Waals surface area contributed by atoms with Crippen molar-refractivity contribution in [3.05, 3.63) is 60.8 Å². The third kappa shape index (κ3) is 2.45. The standard InChI is InChI=1S/C15H15IN2O/c1-9-13(16)15(19)18-14(17-9)12-7-6-10-4-2-3-5-11(10)8-12/h2-5,12H,6-8H2,1H3,(H,17,18,19). The third-order valence-electron chi connectivity index (χ3n) is 3.78. The van der Waals surface area contributed by atoms with Crippen LogP contribution in [0.1, 0.15) is 35.0 Å². The van der Waals surface area contributed by atoms with Crippen molar-refractivity contribution in [2.24, 2.45) is 0 Å². The van der Waals surface area contributed by atoms with Gasteiger partial charge < -0.3 is 4.98 Å². The monoisotopic (exact) mass is 366 g/mol. The van der Waals surface area contributed by atoms with Crippen molar-refractivity contribution in [2.45, 2.75) is 32.1 Å². The Balaban J connectivity index is 1.95. The molecule has 1 aromatic heterocycles. The average molecular weight is 366 g/mol. The molecule has 1 aromatic carbocycles. The fourth-order valence-corrected chi connectivity index (χ4v) is 2.97. The van der Waals surface area contributed by atoms with E-state index in [0.717, 1.165) is 30.8 Å². The molecule has 1 N–H and O–H groups in total. The lowest BCUT2D eigenvalue weighted by Crippen LogP contribution is -2.22. The summed E-state index contributed by atoms with van der Waals surface area (Å²) in [6, 6.07) is 8.55. The molecule has 2 aromatic rings. The topological polar surface area (TPSA) is 45.8 Å². The molecule has 0 radical (unpaired) electrons.